The summed E-state index contributed by atoms with van der Waals surface area (Å²) in [5, 5.41) is 2.58. The van der Waals surface area contributed by atoms with Gasteiger partial charge in [0.05, 0.1) is 17.1 Å². The number of halogens is 3. The normalized spacial score (nSPS) is 35.9. The van der Waals surface area contributed by atoms with E-state index in [9.17, 15) is 0 Å². The Morgan fingerprint density at radius 1 is 1.67 bits per heavy atom. The minimum atomic E-state index is -0.666. The summed E-state index contributed by atoms with van der Waals surface area (Å²) < 4.78 is -0.666. The van der Waals surface area contributed by atoms with E-state index >= 15 is 0 Å². The van der Waals surface area contributed by atoms with Gasteiger partial charge in [0.2, 0.25) is 0 Å². The van der Waals surface area contributed by atoms with Crippen molar-refractivity contribution in [1.29, 1.82) is 0 Å². The fourth-order valence-electron chi connectivity index (χ4n) is 1.86. The third-order valence-corrected chi connectivity index (χ3v) is 4.25. The van der Waals surface area contributed by atoms with E-state index in [1.165, 1.54) is 0 Å². The topological polar surface area (TPSA) is 12.5 Å². The molecule has 0 radical (unpaired) electrons. The van der Waals surface area contributed by atoms with Crippen LogP contribution in [0.4, 0.5) is 0 Å². The highest BCUT2D eigenvalue weighted by molar-refractivity contribution is 6.51. The molecule has 86 valence electrons. The van der Waals surface area contributed by atoms with Crippen molar-refractivity contribution in [1.82, 2.24) is 5.06 Å². The zero-order valence-electron chi connectivity index (χ0n) is 8.71. The highest BCUT2D eigenvalue weighted by atomic mass is 35.5. The van der Waals surface area contributed by atoms with Gasteiger partial charge in [-0.25, -0.2) is 0 Å². The second-order valence-corrected chi connectivity index (χ2v) is 6.26. The first-order chi connectivity index (χ1) is 6.97. The Morgan fingerprint density at radius 2 is 2.27 bits per heavy atom. The quantitative estimate of drug-likeness (QED) is 0.726. The molecule has 0 aromatic heterocycles. The lowest BCUT2D eigenvalue weighted by molar-refractivity contribution is -0.124. The van der Waals surface area contributed by atoms with Crippen LogP contribution >= 0.6 is 34.8 Å². The lowest BCUT2D eigenvalue weighted by Gasteiger charge is -2.27. The summed E-state index contributed by atoms with van der Waals surface area (Å²) in [4.78, 5) is 5.43. The second-order valence-electron chi connectivity index (χ2n) is 4.28. The summed E-state index contributed by atoms with van der Waals surface area (Å²) in [7, 11) is 0. The molecule has 2 nitrogen and oxygen atoms in total. The van der Waals surface area contributed by atoms with Crippen molar-refractivity contribution in [2.75, 3.05) is 0 Å². The molecular formula is C10H14Cl3NO. The lowest BCUT2D eigenvalue weighted by atomic mass is 9.99. The monoisotopic (exact) mass is 269 g/mol. The Balaban J connectivity index is 2.08. The van der Waals surface area contributed by atoms with Crippen LogP contribution < -0.4 is 0 Å². The number of rotatable bonds is 3. The van der Waals surface area contributed by atoms with Crippen LogP contribution in [0.1, 0.15) is 26.7 Å². The van der Waals surface area contributed by atoms with E-state index in [0.717, 1.165) is 17.9 Å². The Labute approximate surface area is 105 Å². The summed E-state index contributed by atoms with van der Waals surface area (Å²) in [6, 6.07) is 0.161. The van der Waals surface area contributed by atoms with E-state index in [-0.39, 0.29) is 12.1 Å². The Bertz CT molecular complexity index is 292. The van der Waals surface area contributed by atoms with Crippen LogP contribution in [0, 0.1) is 5.92 Å². The average Bonchev–Trinajstić information content (AvgIpc) is 2.64. The van der Waals surface area contributed by atoms with Crippen LogP contribution in [0.5, 0.6) is 0 Å². The molecule has 1 heterocycles. The van der Waals surface area contributed by atoms with Crippen LogP contribution in [0.3, 0.4) is 0 Å². The largest absolute Gasteiger partial charge is 0.411 e. The molecule has 1 aliphatic carbocycles. The van der Waals surface area contributed by atoms with E-state index in [1.54, 1.807) is 6.26 Å². The van der Waals surface area contributed by atoms with Gasteiger partial charge in [-0.1, -0.05) is 55.1 Å². The fraction of sp³-hybridized carbons (Fsp3) is 0.800. The maximum absolute atomic E-state index is 6.12. The van der Waals surface area contributed by atoms with Gasteiger partial charge in [-0.2, -0.15) is 0 Å². The van der Waals surface area contributed by atoms with Crippen molar-refractivity contribution in [3.8, 4) is 0 Å². The first-order valence-electron chi connectivity index (χ1n) is 5.16. The minimum absolute atomic E-state index is 0.0623. The molecule has 1 fully saturated rings. The standard InChI is InChI=1S/C10H14Cl3NO/c1-3-6(2)9-7(11)5-15-14(9)8-4-10(8,12)13/h5-6,8-9H,3-4H2,1-2H3. The number of alkyl halides is 2. The molecule has 0 N–H and O–H groups in total. The average molecular weight is 271 g/mol. The van der Waals surface area contributed by atoms with Crippen molar-refractivity contribution in [3.63, 3.8) is 0 Å². The van der Waals surface area contributed by atoms with Gasteiger partial charge in [-0.15, -0.1) is 5.06 Å². The summed E-state index contributed by atoms with van der Waals surface area (Å²) in [5.41, 5.74) is 0. The number of hydrogen-bond acceptors (Lipinski definition) is 2. The third-order valence-electron chi connectivity index (χ3n) is 3.13. The van der Waals surface area contributed by atoms with Crippen LogP contribution in [0.2, 0.25) is 0 Å². The maximum Gasteiger partial charge on any atom is 0.138 e. The predicted octanol–water partition coefficient (Wildman–Crippen LogP) is 3.67. The van der Waals surface area contributed by atoms with Gasteiger partial charge in [0.25, 0.3) is 0 Å². The van der Waals surface area contributed by atoms with Crippen LogP contribution in [-0.2, 0) is 4.84 Å². The SMILES string of the molecule is CCC(C)C1C(Cl)=CON1C1CC1(Cl)Cl. The van der Waals surface area contributed by atoms with Crippen molar-refractivity contribution in [2.45, 2.75) is 43.1 Å². The number of hydroxylamine groups is 2. The van der Waals surface area contributed by atoms with Gasteiger partial charge in [0, 0.05) is 6.42 Å². The van der Waals surface area contributed by atoms with E-state index in [0.29, 0.717) is 5.92 Å². The zero-order chi connectivity index (χ0) is 11.2. The summed E-state index contributed by atoms with van der Waals surface area (Å²) in [6.45, 7) is 4.28. The van der Waals surface area contributed by atoms with Crippen LogP contribution in [0.15, 0.2) is 11.3 Å². The molecule has 0 amide bonds. The molecule has 0 aromatic carbocycles. The van der Waals surface area contributed by atoms with Crippen molar-refractivity contribution in [2.24, 2.45) is 5.92 Å². The van der Waals surface area contributed by atoms with Gasteiger partial charge in [-0.05, 0) is 5.92 Å². The summed E-state index contributed by atoms with van der Waals surface area (Å²) in [5.74, 6) is 0.431. The number of hydrogen-bond donors (Lipinski definition) is 0. The fourth-order valence-corrected chi connectivity index (χ4v) is 2.69. The van der Waals surface area contributed by atoms with Gasteiger partial charge >= 0.3 is 0 Å². The molecule has 15 heavy (non-hydrogen) atoms. The molecule has 0 spiro atoms. The molecule has 0 saturated heterocycles. The van der Waals surface area contributed by atoms with Crippen LogP contribution in [-0.4, -0.2) is 21.5 Å². The zero-order valence-corrected chi connectivity index (χ0v) is 11.0. The highest BCUT2D eigenvalue weighted by Crippen LogP contribution is 2.53. The minimum Gasteiger partial charge on any atom is -0.411 e. The molecule has 1 saturated carbocycles. The highest BCUT2D eigenvalue weighted by Gasteiger charge is 2.59. The smallest absolute Gasteiger partial charge is 0.138 e. The van der Waals surface area contributed by atoms with E-state index in [4.69, 9.17) is 39.6 Å². The molecule has 3 atom stereocenters. The van der Waals surface area contributed by atoms with E-state index in [2.05, 4.69) is 13.8 Å². The summed E-state index contributed by atoms with van der Waals surface area (Å²) >= 11 is 18.2. The Kier molecular flexibility index (Phi) is 3.15. The maximum atomic E-state index is 6.12. The molecule has 2 rings (SSSR count). The molecular weight excluding hydrogens is 256 g/mol. The van der Waals surface area contributed by atoms with E-state index < -0.39 is 4.33 Å². The number of nitrogens with zero attached hydrogens (tertiary/aromatic N) is 1. The molecule has 2 aliphatic rings. The van der Waals surface area contributed by atoms with Crippen molar-refractivity contribution in [3.05, 3.63) is 11.3 Å². The first-order valence-corrected chi connectivity index (χ1v) is 6.29. The second kappa shape index (κ2) is 3.99. The molecule has 0 aromatic rings. The molecule has 0 bridgehead atoms. The predicted molar refractivity (Wildman–Crippen MR) is 62.9 cm³/mol. The molecule has 3 unspecified atom stereocenters. The van der Waals surface area contributed by atoms with Crippen molar-refractivity contribution >= 4 is 34.8 Å². The van der Waals surface area contributed by atoms with Crippen molar-refractivity contribution < 1.29 is 4.84 Å². The van der Waals surface area contributed by atoms with Gasteiger partial charge in [-0.3, -0.25) is 0 Å². The van der Waals surface area contributed by atoms with Gasteiger partial charge in [0.15, 0.2) is 0 Å². The Hall–Kier alpha value is 0.370. The third kappa shape index (κ3) is 2.10. The molecule has 5 heteroatoms. The first kappa shape index (κ1) is 11.8. The van der Waals surface area contributed by atoms with Gasteiger partial charge in [0.1, 0.15) is 10.6 Å². The van der Waals surface area contributed by atoms with E-state index in [1.807, 2.05) is 5.06 Å². The molecule has 1 aliphatic heterocycles. The van der Waals surface area contributed by atoms with Crippen LogP contribution in [0.25, 0.3) is 0 Å². The van der Waals surface area contributed by atoms with Gasteiger partial charge < -0.3 is 4.84 Å². The lowest BCUT2D eigenvalue weighted by Crippen LogP contribution is -2.38. The Morgan fingerprint density at radius 3 is 2.73 bits per heavy atom. The summed E-state index contributed by atoms with van der Waals surface area (Å²) in [6.07, 6.45) is 3.36.